The summed E-state index contributed by atoms with van der Waals surface area (Å²) in [4.78, 5) is 2.42. The molecule has 0 N–H and O–H groups in total. The largest absolute Gasteiger partial charge is 0.361 e. The van der Waals surface area contributed by atoms with E-state index in [0.717, 1.165) is 42.2 Å². The van der Waals surface area contributed by atoms with Crippen molar-refractivity contribution in [3.63, 3.8) is 0 Å². The zero-order valence-corrected chi connectivity index (χ0v) is 14.2. The molecule has 1 unspecified atom stereocenters. The Kier molecular flexibility index (Phi) is 4.36. The van der Waals surface area contributed by atoms with Crippen LogP contribution in [0.1, 0.15) is 42.3 Å². The summed E-state index contributed by atoms with van der Waals surface area (Å²) < 4.78 is 20.4. The Hall–Kier alpha value is -2.47. The lowest BCUT2D eigenvalue weighted by molar-refractivity contribution is 0.134. The number of nitrogens with zero attached hydrogens (tertiary/aromatic N) is 4. The molecule has 0 spiro atoms. The molecule has 130 valence electrons. The van der Waals surface area contributed by atoms with Gasteiger partial charge in [-0.2, -0.15) is 5.10 Å². The molecule has 25 heavy (non-hydrogen) atoms. The van der Waals surface area contributed by atoms with Gasteiger partial charge in [-0.25, -0.2) is 9.07 Å². The Labute approximate surface area is 146 Å². The van der Waals surface area contributed by atoms with Crippen LogP contribution < -0.4 is 0 Å². The molecule has 1 saturated heterocycles. The van der Waals surface area contributed by atoms with Crippen molar-refractivity contribution >= 4 is 0 Å². The highest BCUT2D eigenvalue weighted by molar-refractivity contribution is 5.31. The van der Waals surface area contributed by atoms with Gasteiger partial charge >= 0.3 is 0 Å². The van der Waals surface area contributed by atoms with E-state index in [1.165, 1.54) is 25.0 Å². The third-order valence-electron chi connectivity index (χ3n) is 4.70. The number of hydrogen-bond acceptors (Lipinski definition) is 4. The van der Waals surface area contributed by atoms with Crippen LogP contribution in [0.15, 0.2) is 47.2 Å². The summed E-state index contributed by atoms with van der Waals surface area (Å²) in [5.41, 5.74) is 2.85. The van der Waals surface area contributed by atoms with Crippen LogP contribution in [-0.4, -0.2) is 26.4 Å². The highest BCUT2D eigenvalue weighted by Gasteiger charge is 2.26. The van der Waals surface area contributed by atoms with Gasteiger partial charge in [-0.05, 0) is 44.5 Å². The zero-order valence-electron chi connectivity index (χ0n) is 14.2. The monoisotopic (exact) mass is 340 g/mol. The minimum atomic E-state index is -0.257. The van der Waals surface area contributed by atoms with Crippen molar-refractivity contribution in [3.8, 4) is 5.69 Å². The van der Waals surface area contributed by atoms with E-state index in [1.54, 1.807) is 10.7 Å². The maximum absolute atomic E-state index is 13.4. The molecule has 0 aliphatic carbocycles. The maximum Gasteiger partial charge on any atom is 0.133 e. The Bertz CT molecular complexity index is 856. The smallest absolute Gasteiger partial charge is 0.133 e. The van der Waals surface area contributed by atoms with Crippen LogP contribution in [0.4, 0.5) is 4.39 Å². The normalized spacial score (nSPS) is 18.6. The number of benzene rings is 1. The van der Waals surface area contributed by atoms with Crippen LogP contribution >= 0.6 is 0 Å². The molecule has 1 aliphatic rings. The van der Waals surface area contributed by atoms with Crippen molar-refractivity contribution in [2.24, 2.45) is 0 Å². The van der Waals surface area contributed by atoms with Crippen molar-refractivity contribution in [2.45, 2.75) is 38.8 Å². The first-order chi connectivity index (χ1) is 12.2. The molecule has 0 amide bonds. The highest BCUT2D eigenvalue weighted by Crippen LogP contribution is 2.31. The van der Waals surface area contributed by atoms with Gasteiger partial charge in [-0.15, -0.1) is 0 Å². The van der Waals surface area contributed by atoms with Gasteiger partial charge in [0.05, 0.1) is 17.9 Å². The van der Waals surface area contributed by atoms with Gasteiger partial charge in [0.25, 0.3) is 0 Å². The van der Waals surface area contributed by atoms with Crippen LogP contribution in [0, 0.1) is 12.7 Å². The Morgan fingerprint density at radius 1 is 1.28 bits per heavy atom. The number of hydrogen-bond donors (Lipinski definition) is 0. The zero-order chi connectivity index (χ0) is 17.2. The number of aryl methyl sites for hydroxylation is 1. The van der Waals surface area contributed by atoms with Gasteiger partial charge in [0.15, 0.2) is 0 Å². The van der Waals surface area contributed by atoms with Crippen molar-refractivity contribution in [3.05, 3.63) is 65.6 Å². The first-order valence-corrected chi connectivity index (χ1v) is 8.66. The van der Waals surface area contributed by atoms with E-state index in [-0.39, 0.29) is 11.9 Å². The lowest BCUT2D eigenvalue weighted by Gasteiger charge is -2.34. The molecule has 3 aromatic rings. The second-order valence-corrected chi connectivity index (χ2v) is 6.62. The fourth-order valence-electron chi connectivity index (χ4n) is 3.49. The molecule has 1 fully saturated rings. The predicted molar refractivity (Wildman–Crippen MR) is 91.8 cm³/mol. The van der Waals surface area contributed by atoms with Crippen LogP contribution in [0.2, 0.25) is 0 Å². The Balaban J connectivity index is 1.52. The summed E-state index contributed by atoms with van der Waals surface area (Å²) in [6.45, 7) is 3.75. The van der Waals surface area contributed by atoms with Gasteiger partial charge in [0.1, 0.15) is 17.3 Å². The second-order valence-electron chi connectivity index (χ2n) is 6.62. The van der Waals surface area contributed by atoms with Gasteiger partial charge < -0.3 is 4.52 Å². The van der Waals surface area contributed by atoms with Crippen LogP contribution in [0.5, 0.6) is 0 Å². The average Bonchev–Trinajstić information content (AvgIpc) is 3.25. The van der Waals surface area contributed by atoms with Crippen molar-refractivity contribution in [1.82, 2.24) is 19.8 Å². The van der Waals surface area contributed by atoms with Crippen LogP contribution in [-0.2, 0) is 6.54 Å². The number of piperidine rings is 1. The minimum absolute atomic E-state index is 0.257. The van der Waals surface area contributed by atoms with Crippen molar-refractivity contribution in [2.75, 3.05) is 6.54 Å². The van der Waals surface area contributed by atoms with Crippen LogP contribution in [0.25, 0.3) is 5.69 Å². The van der Waals surface area contributed by atoms with E-state index in [4.69, 9.17) is 4.52 Å². The predicted octanol–water partition coefficient (Wildman–Crippen LogP) is 4.04. The summed E-state index contributed by atoms with van der Waals surface area (Å²) in [6.07, 6.45) is 7.30. The summed E-state index contributed by atoms with van der Waals surface area (Å²) >= 11 is 0. The van der Waals surface area contributed by atoms with Gasteiger partial charge in [0, 0.05) is 24.4 Å². The summed E-state index contributed by atoms with van der Waals surface area (Å²) in [5.74, 6) is 0.589. The van der Waals surface area contributed by atoms with Gasteiger partial charge in [-0.1, -0.05) is 17.6 Å². The quantitative estimate of drug-likeness (QED) is 0.719. The maximum atomic E-state index is 13.4. The topological polar surface area (TPSA) is 47.1 Å². The molecule has 1 aliphatic heterocycles. The molecule has 0 saturated carbocycles. The molecule has 1 aromatic carbocycles. The third kappa shape index (κ3) is 3.49. The molecule has 0 radical (unpaired) electrons. The molecule has 3 heterocycles. The SMILES string of the molecule is Cc1cc(C2CCCCN2Cc2cnn(-c3cccc(F)c3)c2)no1. The molecule has 2 aromatic heterocycles. The van der Waals surface area contributed by atoms with E-state index in [1.807, 2.05) is 31.5 Å². The van der Waals surface area contributed by atoms with Gasteiger partial charge in [-0.3, -0.25) is 4.90 Å². The molecule has 0 bridgehead atoms. The number of halogens is 1. The number of aromatic nitrogens is 3. The standard InChI is InChI=1S/C19H21FN4O/c1-14-9-18(22-25-14)19-7-2-3-8-23(19)12-15-11-21-24(13-15)17-6-4-5-16(20)10-17/h4-6,9-11,13,19H,2-3,7-8,12H2,1H3. The van der Waals surface area contributed by atoms with Gasteiger partial charge in [0.2, 0.25) is 0 Å². The van der Waals surface area contributed by atoms with Crippen molar-refractivity contribution in [1.29, 1.82) is 0 Å². The van der Waals surface area contributed by atoms with E-state index in [0.29, 0.717) is 0 Å². The molecular weight excluding hydrogens is 319 g/mol. The summed E-state index contributed by atoms with van der Waals surface area (Å²) in [5, 5.41) is 8.60. The Morgan fingerprint density at radius 3 is 3.00 bits per heavy atom. The lowest BCUT2D eigenvalue weighted by Crippen LogP contribution is -2.33. The van der Waals surface area contributed by atoms with E-state index in [2.05, 4.69) is 15.2 Å². The first-order valence-electron chi connectivity index (χ1n) is 8.66. The summed E-state index contributed by atoms with van der Waals surface area (Å²) in [7, 11) is 0. The highest BCUT2D eigenvalue weighted by atomic mass is 19.1. The first kappa shape index (κ1) is 16.0. The molecule has 6 heteroatoms. The molecular formula is C19H21FN4O. The minimum Gasteiger partial charge on any atom is -0.361 e. The third-order valence-corrected chi connectivity index (χ3v) is 4.70. The van der Waals surface area contributed by atoms with E-state index >= 15 is 0 Å². The lowest BCUT2D eigenvalue weighted by atomic mass is 9.98. The van der Waals surface area contributed by atoms with E-state index in [9.17, 15) is 4.39 Å². The summed E-state index contributed by atoms with van der Waals surface area (Å²) in [6, 6.07) is 8.77. The number of likely N-dealkylation sites (tertiary alicyclic amines) is 1. The molecule has 5 nitrogen and oxygen atoms in total. The molecule has 4 rings (SSSR count). The fraction of sp³-hybridized carbons (Fsp3) is 0.368. The fourth-order valence-corrected chi connectivity index (χ4v) is 3.49. The average molecular weight is 340 g/mol. The van der Waals surface area contributed by atoms with E-state index < -0.39 is 0 Å². The second kappa shape index (κ2) is 6.80. The molecule has 1 atom stereocenters. The number of rotatable bonds is 4. The van der Waals surface area contributed by atoms with Crippen molar-refractivity contribution < 1.29 is 8.91 Å². The Morgan fingerprint density at radius 2 is 2.20 bits per heavy atom. The van der Waals surface area contributed by atoms with Crippen LogP contribution in [0.3, 0.4) is 0 Å².